The number of hydrogen-bond donors (Lipinski definition) is 1. The van der Waals surface area contributed by atoms with Gasteiger partial charge in [-0.3, -0.25) is 9.52 Å². The van der Waals surface area contributed by atoms with Crippen molar-refractivity contribution in [2.45, 2.75) is 19.3 Å². The van der Waals surface area contributed by atoms with Gasteiger partial charge >= 0.3 is 0 Å². The van der Waals surface area contributed by atoms with Crippen molar-refractivity contribution >= 4 is 33.9 Å². The largest absolute Gasteiger partial charge is 0.303 e. The van der Waals surface area contributed by atoms with Crippen LogP contribution in [0.1, 0.15) is 29.6 Å². The van der Waals surface area contributed by atoms with E-state index in [1.807, 2.05) is 0 Å². The van der Waals surface area contributed by atoms with E-state index in [4.69, 9.17) is 0 Å². The molecule has 21 heavy (non-hydrogen) atoms. The summed E-state index contributed by atoms with van der Waals surface area (Å²) >= 11 is 0. The number of likely N-dealkylation sites (tertiary alicyclic amines) is 1. The zero-order valence-corrected chi connectivity index (χ0v) is 13.7. The predicted octanol–water partition coefficient (Wildman–Crippen LogP) is 2.15. The lowest BCUT2D eigenvalue weighted by atomic mass is 10.1. The van der Waals surface area contributed by atoms with Crippen molar-refractivity contribution in [1.29, 1.82) is 0 Å². The first-order valence-electron chi connectivity index (χ1n) is 6.77. The van der Waals surface area contributed by atoms with Gasteiger partial charge < -0.3 is 4.90 Å². The third kappa shape index (κ3) is 6.03. The molecule has 118 valence electrons. The van der Waals surface area contributed by atoms with E-state index in [1.54, 1.807) is 24.3 Å². The first kappa shape index (κ1) is 17.9. The Balaban J connectivity index is 0.00000220. The number of benzene rings is 1. The summed E-state index contributed by atoms with van der Waals surface area (Å²) in [5, 5.41) is 0. The van der Waals surface area contributed by atoms with E-state index in [9.17, 15) is 13.2 Å². The van der Waals surface area contributed by atoms with Crippen molar-refractivity contribution < 1.29 is 13.2 Å². The van der Waals surface area contributed by atoms with Crippen LogP contribution in [0.15, 0.2) is 24.3 Å². The molecule has 0 aliphatic carbocycles. The van der Waals surface area contributed by atoms with E-state index < -0.39 is 10.0 Å². The molecule has 0 aromatic heterocycles. The van der Waals surface area contributed by atoms with Crippen LogP contribution in [-0.4, -0.2) is 45.0 Å². The number of halogens is 1. The number of carbonyl (C=O) groups is 1. The Kier molecular flexibility index (Phi) is 6.64. The van der Waals surface area contributed by atoms with Gasteiger partial charge in [0.15, 0.2) is 5.78 Å². The highest BCUT2D eigenvalue weighted by atomic mass is 35.5. The molecule has 0 radical (unpaired) electrons. The van der Waals surface area contributed by atoms with Gasteiger partial charge in [-0.1, -0.05) is 0 Å². The SMILES string of the molecule is CS(=O)(=O)Nc1ccc(C(=O)CCN2CCCC2)cc1.Cl. The van der Waals surface area contributed by atoms with Gasteiger partial charge in [-0.2, -0.15) is 0 Å². The van der Waals surface area contributed by atoms with Gasteiger partial charge in [0.25, 0.3) is 0 Å². The summed E-state index contributed by atoms with van der Waals surface area (Å²) in [5.74, 6) is 0.0998. The summed E-state index contributed by atoms with van der Waals surface area (Å²) in [6, 6.07) is 6.56. The van der Waals surface area contributed by atoms with Crippen LogP contribution in [0.2, 0.25) is 0 Å². The van der Waals surface area contributed by atoms with E-state index in [0.717, 1.165) is 25.9 Å². The van der Waals surface area contributed by atoms with Gasteiger partial charge in [-0.25, -0.2) is 8.42 Å². The number of nitrogens with one attached hydrogen (secondary N) is 1. The predicted molar refractivity (Wildman–Crippen MR) is 86.8 cm³/mol. The molecule has 0 amide bonds. The van der Waals surface area contributed by atoms with E-state index in [-0.39, 0.29) is 18.2 Å². The maximum Gasteiger partial charge on any atom is 0.229 e. The lowest BCUT2D eigenvalue weighted by molar-refractivity contribution is 0.0969. The molecule has 1 aromatic rings. The van der Waals surface area contributed by atoms with Gasteiger partial charge in [0, 0.05) is 24.2 Å². The molecule has 1 aromatic carbocycles. The quantitative estimate of drug-likeness (QED) is 0.811. The molecule has 2 rings (SSSR count). The first-order chi connectivity index (χ1) is 9.44. The molecule has 1 N–H and O–H groups in total. The molecule has 7 heteroatoms. The number of ketones is 1. The molecule has 1 aliphatic heterocycles. The Morgan fingerprint density at radius 1 is 1.19 bits per heavy atom. The number of carbonyl (C=O) groups excluding carboxylic acids is 1. The highest BCUT2D eigenvalue weighted by Gasteiger charge is 2.13. The first-order valence-corrected chi connectivity index (χ1v) is 8.66. The summed E-state index contributed by atoms with van der Waals surface area (Å²) in [5.41, 5.74) is 1.10. The zero-order chi connectivity index (χ0) is 14.6. The second-order valence-electron chi connectivity index (χ2n) is 5.17. The minimum absolute atomic E-state index is 0. The minimum Gasteiger partial charge on any atom is -0.303 e. The molecular formula is C14H21ClN2O3S. The Morgan fingerprint density at radius 3 is 2.29 bits per heavy atom. The third-order valence-electron chi connectivity index (χ3n) is 3.36. The fourth-order valence-electron chi connectivity index (χ4n) is 2.35. The van der Waals surface area contributed by atoms with E-state index >= 15 is 0 Å². The van der Waals surface area contributed by atoms with Crippen molar-refractivity contribution in [3.63, 3.8) is 0 Å². The van der Waals surface area contributed by atoms with E-state index in [1.165, 1.54) is 12.8 Å². The average Bonchev–Trinajstić information content (AvgIpc) is 2.88. The van der Waals surface area contributed by atoms with Crippen LogP contribution in [0, 0.1) is 0 Å². The number of sulfonamides is 1. The summed E-state index contributed by atoms with van der Waals surface area (Å²) in [6.45, 7) is 2.98. The van der Waals surface area contributed by atoms with Crippen molar-refractivity contribution in [1.82, 2.24) is 4.90 Å². The van der Waals surface area contributed by atoms with Crippen molar-refractivity contribution in [2.75, 3.05) is 30.6 Å². The summed E-state index contributed by atoms with van der Waals surface area (Å²) in [6.07, 6.45) is 4.06. The van der Waals surface area contributed by atoms with Gasteiger partial charge in [-0.05, 0) is 50.2 Å². The topological polar surface area (TPSA) is 66.5 Å². The number of rotatable bonds is 6. The van der Waals surface area contributed by atoms with Crippen molar-refractivity contribution in [2.24, 2.45) is 0 Å². The highest BCUT2D eigenvalue weighted by molar-refractivity contribution is 7.92. The van der Waals surface area contributed by atoms with Crippen LogP contribution in [0.25, 0.3) is 0 Å². The van der Waals surface area contributed by atoms with Crippen LogP contribution in [-0.2, 0) is 10.0 Å². The minimum atomic E-state index is -3.27. The van der Waals surface area contributed by atoms with E-state index in [2.05, 4.69) is 9.62 Å². The normalized spacial score (nSPS) is 15.5. The molecule has 1 aliphatic rings. The molecule has 1 fully saturated rings. The van der Waals surface area contributed by atoms with Gasteiger partial charge in [0.05, 0.1) is 6.26 Å². The number of anilines is 1. The molecule has 0 atom stereocenters. The Hall–Kier alpha value is -1.11. The second-order valence-corrected chi connectivity index (χ2v) is 6.92. The van der Waals surface area contributed by atoms with Crippen molar-refractivity contribution in [3.8, 4) is 0 Å². The summed E-state index contributed by atoms with van der Waals surface area (Å²) in [7, 11) is -3.27. The van der Waals surface area contributed by atoms with Crippen LogP contribution < -0.4 is 4.72 Å². The van der Waals surface area contributed by atoms with Crippen LogP contribution >= 0.6 is 12.4 Å². The number of hydrogen-bond acceptors (Lipinski definition) is 4. The fraction of sp³-hybridized carbons (Fsp3) is 0.500. The lowest BCUT2D eigenvalue weighted by Gasteiger charge is -2.13. The molecular weight excluding hydrogens is 312 g/mol. The molecule has 5 nitrogen and oxygen atoms in total. The Labute approximate surface area is 132 Å². The molecule has 0 saturated carbocycles. The summed E-state index contributed by atoms with van der Waals surface area (Å²) in [4.78, 5) is 14.3. The Bertz CT molecular complexity index is 566. The molecule has 0 unspecified atom stereocenters. The maximum absolute atomic E-state index is 12.0. The van der Waals surface area contributed by atoms with Crippen LogP contribution in [0.5, 0.6) is 0 Å². The zero-order valence-electron chi connectivity index (χ0n) is 12.0. The van der Waals surface area contributed by atoms with Gasteiger partial charge in [-0.15, -0.1) is 12.4 Å². The van der Waals surface area contributed by atoms with E-state index in [0.29, 0.717) is 17.7 Å². The summed E-state index contributed by atoms with van der Waals surface area (Å²) < 4.78 is 24.5. The number of nitrogens with zero attached hydrogens (tertiary/aromatic N) is 1. The molecule has 1 heterocycles. The lowest BCUT2D eigenvalue weighted by Crippen LogP contribution is -2.22. The molecule has 1 saturated heterocycles. The maximum atomic E-state index is 12.0. The fourth-order valence-corrected chi connectivity index (χ4v) is 2.91. The highest BCUT2D eigenvalue weighted by Crippen LogP contribution is 2.13. The third-order valence-corrected chi connectivity index (χ3v) is 3.97. The van der Waals surface area contributed by atoms with Gasteiger partial charge in [0.2, 0.25) is 10.0 Å². The molecule has 0 bridgehead atoms. The Morgan fingerprint density at radius 2 is 1.76 bits per heavy atom. The smallest absolute Gasteiger partial charge is 0.229 e. The van der Waals surface area contributed by atoms with Crippen LogP contribution in [0.3, 0.4) is 0 Å². The standard InChI is InChI=1S/C14H20N2O3S.ClH/c1-20(18,19)15-13-6-4-12(5-7-13)14(17)8-11-16-9-2-3-10-16;/h4-7,15H,2-3,8-11H2,1H3;1H. The van der Waals surface area contributed by atoms with Gasteiger partial charge in [0.1, 0.15) is 0 Å². The number of Topliss-reactive ketones (excluding diaryl/α,β-unsaturated/α-hetero) is 1. The molecule has 0 spiro atoms. The van der Waals surface area contributed by atoms with Crippen LogP contribution in [0.4, 0.5) is 5.69 Å². The average molecular weight is 333 g/mol. The van der Waals surface area contributed by atoms with Crippen molar-refractivity contribution in [3.05, 3.63) is 29.8 Å². The monoisotopic (exact) mass is 332 g/mol. The second kappa shape index (κ2) is 7.77.